The number of ether oxygens (including phenoxy) is 1. The van der Waals surface area contributed by atoms with Crippen LogP contribution < -0.4 is 10.1 Å². The smallest absolute Gasteiger partial charge is 0.261 e. The summed E-state index contributed by atoms with van der Waals surface area (Å²) >= 11 is 12.3. The minimum absolute atomic E-state index is 0.131. The van der Waals surface area contributed by atoms with E-state index in [9.17, 15) is 9.59 Å². The van der Waals surface area contributed by atoms with Crippen LogP contribution in [0.1, 0.15) is 64.5 Å². The normalized spacial score (nSPS) is 15.1. The van der Waals surface area contributed by atoms with Crippen molar-refractivity contribution in [2.45, 2.75) is 77.4 Å². The largest absolute Gasteiger partial charge is 0.483 e. The van der Waals surface area contributed by atoms with E-state index in [4.69, 9.17) is 27.9 Å². The van der Waals surface area contributed by atoms with Crippen LogP contribution in [0.4, 0.5) is 0 Å². The third kappa shape index (κ3) is 6.89. The van der Waals surface area contributed by atoms with E-state index < -0.39 is 6.04 Å². The predicted molar refractivity (Wildman–Crippen MR) is 138 cm³/mol. The summed E-state index contributed by atoms with van der Waals surface area (Å²) in [6.45, 7) is 8.10. The molecule has 0 bridgehead atoms. The van der Waals surface area contributed by atoms with Gasteiger partial charge in [-0.15, -0.1) is 0 Å². The molecule has 7 heteroatoms. The van der Waals surface area contributed by atoms with Crippen molar-refractivity contribution in [2.24, 2.45) is 0 Å². The molecule has 1 aliphatic carbocycles. The number of carbonyl (C=O) groups excluding carboxylic acids is 2. The Morgan fingerprint density at radius 1 is 1.09 bits per heavy atom. The molecule has 2 aromatic rings. The summed E-state index contributed by atoms with van der Waals surface area (Å²) in [6.07, 6.45) is 4.19. The van der Waals surface area contributed by atoms with Crippen molar-refractivity contribution in [2.75, 3.05) is 6.61 Å². The van der Waals surface area contributed by atoms with Gasteiger partial charge in [-0.3, -0.25) is 9.59 Å². The van der Waals surface area contributed by atoms with Crippen LogP contribution in [0.5, 0.6) is 5.75 Å². The Labute approximate surface area is 212 Å². The van der Waals surface area contributed by atoms with Crippen molar-refractivity contribution in [3.63, 3.8) is 0 Å². The van der Waals surface area contributed by atoms with Crippen LogP contribution in [0, 0.1) is 0 Å². The van der Waals surface area contributed by atoms with E-state index in [1.807, 2.05) is 30.3 Å². The van der Waals surface area contributed by atoms with Crippen molar-refractivity contribution in [1.29, 1.82) is 0 Å². The molecule has 0 aromatic heterocycles. The molecule has 0 unspecified atom stereocenters. The zero-order chi connectivity index (χ0) is 24.9. The molecule has 0 spiro atoms. The van der Waals surface area contributed by atoms with Crippen molar-refractivity contribution >= 4 is 35.0 Å². The number of carbonyl (C=O) groups is 2. The number of nitrogens with one attached hydrogen (secondary N) is 1. The number of para-hydroxylation sites is 1. The molecule has 1 saturated carbocycles. The lowest BCUT2D eigenvalue weighted by atomic mass is 9.86. The molecule has 1 aliphatic rings. The fraction of sp³-hybridized carbons (Fsp3) is 0.481. The lowest BCUT2D eigenvalue weighted by Crippen LogP contribution is -2.50. The average molecular weight is 505 g/mol. The van der Waals surface area contributed by atoms with E-state index in [1.54, 1.807) is 24.0 Å². The molecule has 2 aromatic carbocycles. The van der Waals surface area contributed by atoms with Crippen LogP contribution in [-0.4, -0.2) is 35.4 Å². The molecule has 184 valence electrons. The number of nitrogens with zero attached hydrogens (tertiary/aromatic N) is 1. The quantitative estimate of drug-likeness (QED) is 0.469. The molecule has 1 N–H and O–H groups in total. The van der Waals surface area contributed by atoms with Gasteiger partial charge < -0.3 is 15.0 Å². The second-order valence-corrected chi connectivity index (χ2v) is 10.8. The highest BCUT2D eigenvalue weighted by atomic mass is 35.5. The molecule has 0 radical (unpaired) electrons. The average Bonchev–Trinajstić information content (AvgIpc) is 3.30. The maximum atomic E-state index is 13.4. The number of benzene rings is 2. The Hall–Kier alpha value is -2.24. The van der Waals surface area contributed by atoms with E-state index in [-0.39, 0.29) is 36.4 Å². The first-order valence-corrected chi connectivity index (χ1v) is 12.6. The molecule has 1 fully saturated rings. The molecule has 0 heterocycles. The molecular weight excluding hydrogens is 471 g/mol. The van der Waals surface area contributed by atoms with Gasteiger partial charge in [-0.1, -0.05) is 81.1 Å². The van der Waals surface area contributed by atoms with Gasteiger partial charge in [-0.2, -0.15) is 0 Å². The van der Waals surface area contributed by atoms with Gasteiger partial charge >= 0.3 is 0 Å². The Morgan fingerprint density at radius 2 is 1.76 bits per heavy atom. The van der Waals surface area contributed by atoms with Crippen LogP contribution in [0.25, 0.3) is 0 Å². The molecule has 0 aliphatic heterocycles. The second kappa shape index (κ2) is 11.5. The van der Waals surface area contributed by atoms with Crippen LogP contribution in [-0.2, 0) is 21.5 Å². The van der Waals surface area contributed by atoms with E-state index in [0.717, 1.165) is 36.8 Å². The maximum absolute atomic E-state index is 13.4. The first kappa shape index (κ1) is 26.4. The summed E-state index contributed by atoms with van der Waals surface area (Å²) < 4.78 is 5.98. The summed E-state index contributed by atoms with van der Waals surface area (Å²) in [6, 6.07) is 12.5. The third-order valence-electron chi connectivity index (χ3n) is 6.25. The lowest BCUT2D eigenvalue weighted by Gasteiger charge is -2.30. The predicted octanol–water partition coefficient (Wildman–Crippen LogP) is 6.15. The van der Waals surface area contributed by atoms with Crippen molar-refractivity contribution in [3.8, 4) is 5.75 Å². The van der Waals surface area contributed by atoms with E-state index >= 15 is 0 Å². The van der Waals surface area contributed by atoms with Gasteiger partial charge in [0.2, 0.25) is 5.91 Å². The maximum Gasteiger partial charge on any atom is 0.261 e. The van der Waals surface area contributed by atoms with Gasteiger partial charge in [-0.05, 0) is 54.5 Å². The van der Waals surface area contributed by atoms with Crippen LogP contribution in [0.3, 0.4) is 0 Å². The number of hydrogen-bond donors (Lipinski definition) is 1. The summed E-state index contributed by atoms with van der Waals surface area (Å²) in [7, 11) is 0. The number of rotatable bonds is 8. The van der Waals surface area contributed by atoms with Gasteiger partial charge in [0.15, 0.2) is 6.61 Å². The van der Waals surface area contributed by atoms with Crippen molar-refractivity contribution in [1.82, 2.24) is 10.2 Å². The number of hydrogen-bond acceptors (Lipinski definition) is 3. The third-order valence-corrected chi connectivity index (χ3v) is 6.99. The fourth-order valence-electron chi connectivity index (χ4n) is 4.24. The Morgan fingerprint density at radius 3 is 2.41 bits per heavy atom. The molecule has 0 saturated heterocycles. The standard InChI is InChI=1S/C27H34Cl2N2O3/c1-18(26(33)30-20-9-5-6-10-20)31(16-19-13-14-22(28)23(29)15-19)25(32)17-34-24-12-8-7-11-21(24)27(2,3)4/h7-8,11-15,18,20H,5-6,9-10,16-17H2,1-4H3,(H,30,33)/t18-/m1/s1. The van der Waals surface area contributed by atoms with Gasteiger partial charge in [0.25, 0.3) is 5.91 Å². The van der Waals surface area contributed by atoms with E-state index in [0.29, 0.717) is 15.8 Å². The monoisotopic (exact) mass is 504 g/mol. The van der Waals surface area contributed by atoms with Crippen LogP contribution in [0.15, 0.2) is 42.5 Å². The zero-order valence-corrected chi connectivity index (χ0v) is 21.9. The zero-order valence-electron chi connectivity index (χ0n) is 20.4. The molecule has 1 atom stereocenters. The summed E-state index contributed by atoms with van der Waals surface area (Å²) in [4.78, 5) is 27.9. The van der Waals surface area contributed by atoms with Gasteiger partial charge in [0.1, 0.15) is 11.8 Å². The minimum atomic E-state index is -0.663. The number of halogens is 2. The SMILES string of the molecule is C[C@H](C(=O)NC1CCCC1)N(Cc1ccc(Cl)c(Cl)c1)C(=O)COc1ccccc1C(C)(C)C. The highest BCUT2D eigenvalue weighted by Gasteiger charge is 2.29. The Kier molecular flexibility index (Phi) is 8.89. The summed E-state index contributed by atoms with van der Waals surface area (Å²) in [5, 5.41) is 3.95. The van der Waals surface area contributed by atoms with Crippen LogP contribution >= 0.6 is 23.2 Å². The molecular formula is C27H34Cl2N2O3. The van der Waals surface area contributed by atoms with E-state index in [1.165, 1.54) is 0 Å². The highest BCUT2D eigenvalue weighted by Crippen LogP contribution is 2.31. The van der Waals surface area contributed by atoms with Gasteiger partial charge in [0, 0.05) is 12.6 Å². The number of amides is 2. The Balaban J connectivity index is 1.78. The first-order chi connectivity index (χ1) is 16.1. The fourth-order valence-corrected chi connectivity index (χ4v) is 4.56. The first-order valence-electron chi connectivity index (χ1n) is 11.8. The van der Waals surface area contributed by atoms with E-state index in [2.05, 4.69) is 26.1 Å². The molecule has 34 heavy (non-hydrogen) atoms. The van der Waals surface area contributed by atoms with Crippen LogP contribution in [0.2, 0.25) is 10.0 Å². The Bertz CT molecular complexity index is 1010. The summed E-state index contributed by atoms with van der Waals surface area (Å²) in [5.74, 6) is 0.236. The minimum Gasteiger partial charge on any atom is -0.483 e. The highest BCUT2D eigenvalue weighted by molar-refractivity contribution is 6.42. The summed E-state index contributed by atoms with van der Waals surface area (Å²) in [5.41, 5.74) is 1.68. The van der Waals surface area contributed by atoms with Gasteiger partial charge in [-0.25, -0.2) is 0 Å². The van der Waals surface area contributed by atoms with Crippen molar-refractivity contribution < 1.29 is 14.3 Å². The topological polar surface area (TPSA) is 58.6 Å². The second-order valence-electron chi connectivity index (χ2n) is 9.97. The lowest BCUT2D eigenvalue weighted by molar-refractivity contribution is -0.142. The molecule has 3 rings (SSSR count). The molecule has 2 amide bonds. The van der Waals surface area contributed by atoms with Crippen molar-refractivity contribution in [3.05, 3.63) is 63.6 Å². The molecule has 5 nitrogen and oxygen atoms in total. The van der Waals surface area contributed by atoms with Gasteiger partial charge in [0.05, 0.1) is 10.0 Å².